The van der Waals surface area contributed by atoms with E-state index in [1.54, 1.807) is 0 Å². The number of carbonyl (C=O) groups is 3. The van der Waals surface area contributed by atoms with Crippen LogP contribution in [0.3, 0.4) is 0 Å². The smallest absolute Gasteiger partial charge is 0.306 e. The summed E-state index contributed by atoms with van der Waals surface area (Å²) >= 11 is 0. The Balaban J connectivity index is 4.22. The molecular weight excluding hydrogens is 829 g/mol. The van der Waals surface area contributed by atoms with Crippen molar-refractivity contribution < 1.29 is 28.6 Å². The maximum absolute atomic E-state index is 12.8. The summed E-state index contributed by atoms with van der Waals surface area (Å²) in [5.74, 6) is -0.851. The Labute approximate surface area is 418 Å². The molecule has 0 fully saturated rings. The van der Waals surface area contributed by atoms with Crippen LogP contribution in [-0.2, 0) is 28.6 Å². The van der Waals surface area contributed by atoms with Crippen LogP contribution >= 0.6 is 0 Å². The zero-order chi connectivity index (χ0) is 48.6. The standard InChI is InChI=1S/C61H116O6/c1-4-7-10-13-16-19-22-24-26-28-30-32-34-36-39-41-44-47-50-53-59(62)65-56-58(67-61(64)55-52-49-46-43-38-21-18-15-12-9-6-3)57-66-60(63)54-51-48-45-42-40-37-35-33-31-29-27-25-23-20-17-14-11-8-5-2/h15,18,58H,4-14,16-17,19-57H2,1-3H3/b18-15-. The highest BCUT2D eigenvalue weighted by atomic mass is 16.6. The van der Waals surface area contributed by atoms with Gasteiger partial charge in [-0.05, 0) is 38.5 Å². The lowest BCUT2D eigenvalue weighted by Gasteiger charge is -2.18. The van der Waals surface area contributed by atoms with Gasteiger partial charge >= 0.3 is 17.9 Å². The van der Waals surface area contributed by atoms with Crippen molar-refractivity contribution in [3.8, 4) is 0 Å². The van der Waals surface area contributed by atoms with Gasteiger partial charge in [-0.2, -0.15) is 0 Å². The topological polar surface area (TPSA) is 78.9 Å². The summed E-state index contributed by atoms with van der Waals surface area (Å²) in [7, 11) is 0. The third-order valence-corrected chi connectivity index (χ3v) is 13.8. The van der Waals surface area contributed by atoms with Gasteiger partial charge in [0, 0.05) is 19.3 Å². The Morgan fingerprint density at radius 2 is 0.507 bits per heavy atom. The number of ether oxygens (including phenoxy) is 3. The second-order valence-electron chi connectivity index (χ2n) is 20.6. The summed E-state index contributed by atoms with van der Waals surface area (Å²) in [5.41, 5.74) is 0. The average Bonchev–Trinajstić information content (AvgIpc) is 3.33. The van der Waals surface area contributed by atoms with Gasteiger partial charge in [0.05, 0.1) is 0 Å². The van der Waals surface area contributed by atoms with E-state index in [4.69, 9.17) is 14.2 Å². The molecule has 0 heterocycles. The quantitative estimate of drug-likeness (QED) is 0.0262. The molecule has 0 aromatic heterocycles. The number of carbonyl (C=O) groups excluding carboxylic acids is 3. The van der Waals surface area contributed by atoms with Gasteiger partial charge in [-0.1, -0.05) is 296 Å². The van der Waals surface area contributed by atoms with Crippen LogP contribution in [0.2, 0.25) is 0 Å². The molecule has 6 nitrogen and oxygen atoms in total. The minimum atomic E-state index is -0.768. The molecule has 0 aromatic rings. The Morgan fingerprint density at radius 1 is 0.284 bits per heavy atom. The van der Waals surface area contributed by atoms with E-state index in [2.05, 4.69) is 32.9 Å². The zero-order valence-corrected chi connectivity index (χ0v) is 45.5. The van der Waals surface area contributed by atoms with Gasteiger partial charge in [0.15, 0.2) is 6.10 Å². The van der Waals surface area contributed by atoms with Gasteiger partial charge in [0.25, 0.3) is 0 Å². The predicted octanol–water partition coefficient (Wildman–Crippen LogP) is 20.1. The number of rotatable bonds is 56. The molecular formula is C61H116O6. The van der Waals surface area contributed by atoms with Gasteiger partial charge in [-0.3, -0.25) is 14.4 Å². The van der Waals surface area contributed by atoms with Crippen molar-refractivity contribution in [2.75, 3.05) is 13.2 Å². The van der Waals surface area contributed by atoms with Crippen LogP contribution in [0.25, 0.3) is 0 Å². The molecule has 0 aromatic carbocycles. The Bertz CT molecular complexity index is 982. The molecule has 0 aliphatic rings. The highest BCUT2D eigenvalue weighted by molar-refractivity contribution is 5.71. The van der Waals surface area contributed by atoms with Crippen LogP contribution in [-0.4, -0.2) is 37.2 Å². The molecule has 67 heavy (non-hydrogen) atoms. The van der Waals surface area contributed by atoms with Gasteiger partial charge < -0.3 is 14.2 Å². The van der Waals surface area contributed by atoms with Crippen molar-refractivity contribution in [1.29, 1.82) is 0 Å². The molecule has 0 aliphatic carbocycles. The second-order valence-corrected chi connectivity index (χ2v) is 20.6. The Hall–Kier alpha value is -1.85. The minimum Gasteiger partial charge on any atom is -0.462 e. The van der Waals surface area contributed by atoms with Crippen LogP contribution in [0.15, 0.2) is 12.2 Å². The number of esters is 3. The van der Waals surface area contributed by atoms with E-state index in [1.165, 1.54) is 238 Å². The normalized spacial score (nSPS) is 11.6. The fourth-order valence-corrected chi connectivity index (χ4v) is 9.19. The monoisotopic (exact) mass is 945 g/mol. The lowest BCUT2D eigenvalue weighted by atomic mass is 10.0. The Morgan fingerprint density at radius 3 is 0.791 bits per heavy atom. The number of hydrogen-bond acceptors (Lipinski definition) is 6. The van der Waals surface area contributed by atoms with E-state index in [1.807, 2.05) is 0 Å². The third-order valence-electron chi connectivity index (χ3n) is 13.8. The fourth-order valence-electron chi connectivity index (χ4n) is 9.19. The van der Waals surface area contributed by atoms with E-state index in [9.17, 15) is 14.4 Å². The molecule has 0 unspecified atom stereocenters. The first-order chi connectivity index (χ1) is 33.0. The summed E-state index contributed by atoms with van der Waals surface area (Å²) in [6.45, 7) is 6.66. The van der Waals surface area contributed by atoms with Gasteiger partial charge in [-0.25, -0.2) is 0 Å². The van der Waals surface area contributed by atoms with Crippen molar-refractivity contribution in [1.82, 2.24) is 0 Å². The second kappa shape index (κ2) is 56.7. The maximum Gasteiger partial charge on any atom is 0.306 e. The van der Waals surface area contributed by atoms with Crippen LogP contribution < -0.4 is 0 Å². The molecule has 0 amide bonds. The molecule has 0 saturated carbocycles. The first kappa shape index (κ1) is 65.1. The fraction of sp³-hybridized carbons (Fsp3) is 0.918. The largest absolute Gasteiger partial charge is 0.462 e. The van der Waals surface area contributed by atoms with E-state index in [0.717, 1.165) is 64.2 Å². The molecule has 0 bridgehead atoms. The number of hydrogen-bond donors (Lipinski definition) is 0. The first-order valence-electron chi connectivity index (χ1n) is 30.2. The minimum absolute atomic E-state index is 0.0675. The summed E-state index contributed by atoms with van der Waals surface area (Å²) in [6.07, 6.45) is 65.0. The molecule has 0 spiro atoms. The maximum atomic E-state index is 12.8. The average molecular weight is 946 g/mol. The number of unbranched alkanes of at least 4 members (excludes halogenated alkanes) is 43. The summed E-state index contributed by atoms with van der Waals surface area (Å²) in [6, 6.07) is 0. The molecule has 0 N–H and O–H groups in total. The van der Waals surface area contributed by atoms with Gasteiger partial charge in [0.1, 0.15) is 13.2 Å². The molecule has 396 valence electrons. The van der Waals surface area contributed by atoms with Crippen LogP contribution in [0.5, 0.6) is 0 Å². The van der Waals surface area contributed by atoms with Crippen LogP contribution in [0, 0.1) is 0 Å². The number of allylic oxidation sites excluding steroid dienone is 2. The lowest BCUT2D eigenvalue weighted by molar-refractivity contribution is -0.167. The molecule has 0 radical (unpaired) electrons. The van der Waals surface area contributed by atoms with Crippen molar-refractivity contribution in [2.24, 2.45) is 0 Å². The summed E-state index contributed by atoms with van der Waals surface area (Å²) in [5, 5.41) is 0. The van der Waals surface area contributed by atoms with Gasteiger partial charge in [-0.15, -0.1) is 0 Å². The molecule has 0 atom stereocenters. The molecule has 0 aliphatic heterocycles. The van der Waals surface area contributed by atoms with Crippen molar-refractivity contribution >= 4 is 17.9 Å². The van der Waals surface area contributed by atoms with Crippen molar-refractivity contribution in [2.45, 2.75) is 348 Å². The van der Waals surface area contributed by atoms with Gasteiger partial charge in [0.2, 0.25) is 0 Å². The molecule has 0 saturated heterocycles. The summed E-state index contributed by atoms with van der Waals surface area (Å²) in [4.78, 5) is 38.1. The van der Waals surface area contributed by atoms with E-state index < -0.39 is 6.10 Å². The Kier molecular flexibility index (Phi) is 55.2. The highest BCUT2D eigenvalue weighted by Crippen LogP contribution is 2.18. The van der Waals surface area contributed by atoms with Crippen molar-refractivity contribution in [3.05, 3.63) is 12.2 Å². The van der Waals surface area contributed by atoms with Crippen molar-refractivity contribution in [3.63, 3.8) is 0 Å². The zero-order valence-electron chi connectivity index (χ0n) is 45.5. The highest BCUT2D eigenvalue weighted by Gasteiger charge is 2.19. The lowest BCUT2D eigenvalue weighted by Crippen LogP contribution is -2.30. The first-order valence-corrected chi connectivity index (χ1v) is 30.2. The third kappa shape index (κ3) is 55.0. The predicted molar refractivity (Wildman–Crippen MR) is 289 cm³/mol. The van der Waals surface area contributed by atoms with E-state index in [-0.39, 0.29) is 31.1 Å². The van der Waals surface area contributed by atoms with E-state index >= 15 is 0 Å². The van der Waals surface area contributed by atoms with Crippen LogP contribution in [0.4, 0.5) is 0 Å². The molecule has 6 heteroatoms. The van der Waals surface area contributed by atoms with Crippen LogP contribution in [0.1, 0.15) is 342 Å². The SMILES string of the molecule is CCCC/C=C\CCCCCCCC(=O)OC(COC(=O)CCCCCCCCCCCCCCCCCCCCC)COC(=O)CCCCCCCCCCCCCCCCCCCCC. The summed E-state index contributed by atoms with van der Waals surface area (Å²) < 4.78 is 16.9. The van der Waals surface area contributed by atoms with E-state index in [0.29, 0.717) is 19.3 Å². The molecule has 0 rings (SSSR count).